The van der Waals surface area contributed by atoms with Crippen molar-refractivity contribution >= 4 is 5.91 Å². The molecule has 0 aliphatic carbocycles. The molecule has 0 aliphatic heterocycles. The molecule has 0 aromatic heterocycles. The maximum atomic E-state index is 12.4. The van der Waals surface area contributed by atoms with Crippen molar-refractivity contribution in [2.75, 3.05) is 20.3 Å². The van der Waals surface area contributed by atoms with Crippen molar-refractivity contribution < 1.29 is 9.53 Å². The minimum absolute atomic E-state index is 0.0250. The van der Waals surface area contributed by atoms with Crippen LogP contribution in [-0.2, 0) is 16.1 Å². The van der Waals surface area contributed by atoms with Gasteiger partial charge in [-0.15, -0.1) is 0 Å². The molecule has 112 valence electrons. The molecule has 1 unspecified atom stereocenters. The quantitative estimate of drug-likeness (QED) is 0.866. The highest BCUT2D eigenvalue weighted by Crippen LogP contribution is 2.18. The Bertz CT molecular complexity index is 412. The normalized spacial score (nSPS) is 13.1. The number of amides is 1. The Kier molecular flexibility index (Phi) is 6.17. The van der Waals surface area contributed by atoms with E-state index >= 15 is 0 Å². The molecule has 1 rings (SSSR count). The molecule has 0 aliphatic rings. The fourth-order valence-corrected chi connectivity index (χ4v) is 2.07. The van der Waals surface area contributed by atoms with E-state index in [-0.39, 0.29) is 17.9 Å². The van der Waals surface area contributed by atoms with Gasteiger partial charge in [0.2, 0.25) is 5.91 Å². The first kappa shape index (κ1) is 16.7. The van der Waals surface area contributed by atoms with Crippen LogP contribution in [0.1, 0.15) is 26.3 Å². The molecule has 1 atom stereocenters. The minimum Gasteiger partial charge on any atom is -0.383 e. The first-order valence-corrected chi connectivity index (χ1v) is 6.91. The zero-order chi connectivity index (χ0) is 15.2. The summed E-state index contributed by atoms with van der Waals surface area (Å²) in [6.07, 6.45) is 0. The molecule has 1 amide bonds. The molecule has 4 heteroatoms. The lowest BCUT2D eigenvalue weighted by atomic mass is 9.95. The fourth-order valence-electron chi connectivity index (χ4n) is 2.07. The highest BCUT2D eigenvalue weighted by atomic mass is 16.5. The number of ether oxygens (including phenoxy) is 1. The van der Waals surface area contributed by atoms with E-state index in [1.54, 1.807) is 7.11 Å². The molecular weight excluding hydrogens is 252 g/mol. The minimum atomic E-state index is -0.605. The Hall–Kier alpha value is -1.39. The molecule has 0 saturated carbocycles. The second-order valence-electron chi connectivity index (χ2n) is 6.30. The van der Waals surface area contributed by atoms with Gasteiger partial charge in [-0.3, -0.25) is 4.79 Å². The van der Waals surface area contributed by atoms with Gasteiger partial charge >= 0.3 is 0 Å². The average Bonchev–Trinajstić information content (AvgIpc) is 2.37. The van der Waals surface area contributed by atoms with Crippen LogP contribution in [0.25, 0.3) is 0 Å². The number of methoxy groups -OCH3 is 1. The Balaban J connectivity index is 2.82. The van der Waals surface area contributed by atoms with Crippen molar-refractivity contribution in [1.29, 1.82) is 0 Å². The molecule has 0 fully saturated rings. The second-order valence-corrected chi connectivity index (χ2v) is 6.30. The number of rotatable bonds is 6. The topological polar surface area (TPSA) is 55.6 Å². The highest BCUT2D eigenvalue weighted by Gasteiger charge is 2.25. The number of nitrogens with two attached hydrogens (primary N) is 1. The Labute approximate surface area is 121 Å². The number of nitrogens with zero attached hydrogens (tertiary/aromatic N) is 1. The van der Waals surface area contributed by atoms with Gasteiger partial charge in [-0.1, -0.05) is 51.1 Å². The lowest BCUT2D eigenvalue weighted by Gasteiger charge is -2.32. The van der Waals surface area contributed by atoms with Gasteiger partial charge in [0.1, 0.15) is 6.04 Å². The van der Waals surface area contributed by atoms with Crippen molar-refractivity contribution in [3.05, 3.63) is 35.9 Å². The van der Waals surface area contributed by atoms with Crippen molar-refractivity contribution in [2.24, 2.45) is 11.1 Å². The maximum Gasteiger partial charge on any atom is 0.242 e. The number of carbonyl (C=O) groups is 1. The standard InChI is InChI=1S/C16H26N2O2/c1-16(2,3)12-18(15(19)14(17)11-20-4)10-13-8-6-5-7-9-13/h5-9,14H,10-12,17H2,1-4H3. The summed E-state index contributed by atoms with van der Waals surface area (Å²) in [6.45, 7) is 7.82. The maximum absolute atomic E-state index is 12.4. The van der Waals surface area contributed by atoms with Crippen LogP contribution in [0, 0.1) is 5.41 Å². The van der Waals surface area contributed by atoms with Crippen LogP contribution in [0.15, 0.2) is 30.3 Å². The van der Waals surface area contributed by atoms with Gasteiger partial charge in [-0.25, -0.2) is 0 Å². The first-order chi connectivity index (χ1) is 9.33. The van der Waals surface area contributed by atoms with Gasteiger partial charge in [0.05, 0.1) is 6.61 Å². The van der Waals surface area contributed by atoms with E-state index in [4.69, 9.17) is 10.5 Å². The summed E-state index contributed by atoms with van der Waals surface area (Å²) >= 11 is 0. The van der Waals surface area contributed by atoms with Gasteiger partial charge in [0.15, 0.2) is 0 Å². The Morgan fingerprint density at radius 3 is 2.40 bits per heavy atom. The summed E-state index contributed by atoms with van der Waals surface area (Å²) < 4.78 is 4.98. The van der Waals surface area contributed by atoms with Gasteiger partial charge < -0.3 is 15.4 Å². The van der Waals surface area contributed by atoms with Crippen LogP contribution < -0.4 is 5.73 Å². The van der Waals surface area contributed by atoms with E-state index in [0.29, 0.717) is 13.1 Å². The van der Waals surface area contributed by atoms with Crippen molar-refractivity contribution in [2.45, 2.75) is 33.4 Å². The smallest absolute Gasteiger partial charge is 0.242 e. The first-order valence-electron chi connectivity index (χ1n) is 6.91. The lowest BCUT2D eigenvalue weighted by molar-refractivity contribution is -0.135. The van der Waals surface area contributed by atoms with E-state index in [9.17, 15) is 4.79 Å². The van der Waals surface area contributed by atoms with E-state index in [1.807, 2.05) is 35.2 Å². The summed E-state index contributed by atoms with van der Waals surface area (Å²) in [7, 11) is 1.55. The summed E-state index contributed by atoms with van der Waals surface area (Å²) in [4.78, 5) is 14.3. The van der Waals surface area contributed by atoms with Crippen molar-refractivity contribution in [3.8, 4) is 0 Å². The average molecular weight is 278 g/mol. The molecule has 20 heavy (non-hydrogen) atoms. The van der Waals surface area contributed by atoms with E-state index in [0.717, 1.165) is 5.56 Å². The molecule has 0 spiro atoms. The van der Waals surface area contributed by atoms with Crippen LogP contribution in [-0.4, -0.2) is 37.1 Å². The van der Waals surface area contributed by atoms with Gasteiger partial charge in [-0.05, 0) is 11.0 Å². The van der Waals surface area contributed by atoms with Crippen LogP contribution in [0.5, 0.6) is 0 Å². The third-order valence-corrected chi connectivity index (χ3v) is 2.86. The molecule has 1 aromatic carbocycles. The number of carbonyl (C=O) groups excluding carboxylic acids is 1. The number of benzene rings is 1. The third kappa shape index (κ3) is 5.72. The van der Waals surface area contributed by atoms with E-state index in [2.05, 4.69) is 20.8 Å². The Morgan fingerprint density at radius 1 is 1.30 bits per heavy atom. The molecule has 0 saturated heterocycles. The second kappa shape index (κ2) is 7.41. The predicted molar refractivity (Wildman–Crippen MR) is 81.2 cm³/mol. The van der Waals surface area contributed by atoms with Crippen molar-refractivity contribution in [3.63, 3.8) is 0 Å². The predicted octanol–water partition coefficient (Wildman–Crippen LogP) is 2.04. The molecular formula is C16H26N2O2. The number of hydrogen-bond acceptors (Lipinski definition) is 3. The molecule has 0 radical (unpaired) electrons. The van der Waals surface area contributed by atoms with Gasteiger partial charge in [-0.2, -0.15) is 0 Å². The SMILES string of the molecule is COCC(N)C(=O)N(Cc1ccccc1)CC(C)(C)C. The summed E-state index contributed by atoms with van der Waals surface area (Å²) in [5.41, 5.74) is 7.02. The molecule has 2 N–H and O–H groups in total. The molecule has 0 heterocycles. The van der Waals surface area contributed by atoms with E-state index < -0.39 is 6.04 Å². The third-order valence-electron chi connectivity index (χ3n) is 2.86. The molecule has 4 nitrogen and oxygen atoms in total. The largest absolute Gasteiger partial charge is 0.383 e. The monoisotopic (exact) mass is 278 g/mol. The fraction of sp³-hybridized carbons (Fsp3) is 0.562. The van der Waals surface area contributed by atoms with Crippen LogP contribution in [0.4, 0.5) is 0 Å². The van der Waals surface area contributed by atoms with Crippen LogP contribution >= 0.6 is 0 Å². The molecule has 1 aromatic rings. The van der Waals surface area contributed by atoms with Gasteiger partial charge in [0, 0.05) is 20.2 Å². The van der Waals surface area contributed by atoms with Crippen LogP contribution in [0.2, 0.25) is 0 Å². The van der Waals surface area contributed by atoms with Crippen LogP contribution in [0.3, 0.4) is 0 Å². The number of hydrogen-bond donors (Lipinski definition) is 1. The zero-order valence-electron chi connectivity index (χ0n) is 12.9. The highest BCUT2D eigenvalue weighted by molar-refractivity contribution is 5.81. The summed E-state index contributed by atoms with van der Waals surface area (Å²) in [6, 6.07) is 9.35. The summed E-state index contributed by atoms with van der Waals surface area (Å²) in [5.74, 6) is -0.0642. The lowest BCUT2D eigenvalue weighted by Crippen LogP contribution is -2.48. The summed E-state index contributed by atoms with van der Waals surface area (Å²) in [5, 5.41) is 0. The van der Waals surface area contributed by atoms with Crippen molar-refractivity contribution in [1.82, 2.24) is 4.90 Å². The van der Waals surface area contributed by atoms with E-state index in [1.165, 1.54) is 0 Å². The van der Waals surface area contributed by atoms with Gasteiger partial charge in [0.25, 0.3) is 0 Å². The molecule has 0 bridgehead atoms. The zero-order valence-corrected chi connectivity index (χ0v) is 12.9. The Morgan fingerprint density at radius 2 is 1.90 bits per heavy atom.